The first kappa shape index (κ1) is 49.6. The molecule has 3 rings (SSSR count). The second kappa shape index (κ2) is 26.5. The topological polar surface area (TPSA) is 200 Å². The standard InChI is InChI=1S/C26H30N4O10S.C16H36N/c1-17(23(32)28-21-14-30(24(21)33)41(36,37)38)27-22(31)13-12-20(25(34)39-15-18-8-4-2-5-9-18)29-26(35)40-16-19-10-6-3-7-11-19;1-5-9-13-17(14-10-6-2,15-11-7-3)16-12-8-4/h2-11,17,20-21H,12-16H2,1H3,(H,27,31)(H,28,32)(H,29,35)(H,36,37,38);5-16H2,1-4H3/q;+1/p-1/t17-,20-,21+;/m1./s1. The Balaban J connectivity index is 0.000000574. The van der Waals surface area contributed by atoms with Gasteiger partial charge in [0.15, 0.2) is 10.3 Å². The normalized spacial score (nSPS) is 14.8. The number of quaternary nitrogens is 1. The maximum atomic E-state index is 12.8. The molecule has 58 heavy (non-hydrogen) atoms. The number of nitrogens with one attached hydrogen (secondary N) is 3. The van der Waals surface area contributed by atoms with Crippen LogP contribution in [0.3, 0.4) is 0 Å². The molecule has 4 amide bonds. The molecule has 2 aromatic carbocycles. The average Bonchev–Trinajstić information content (AvgIpc) is 3.21. The zero-order chi connectivity index (χ0) is 43.0. The van der Waals surface area contributed by atoms with E-state index < -0.39 is 64.8 Å². The van der Waals surface area contributed by atoms with Gasteiger partial charge in [0.2, 0.25) is 11.8 Å². The molecule has 3 atom stereocenters. The first-order chi connectivity index (χ1) is 27.7. The Bertz CT molecular complexity index is 1630. The van der Waals surface area contributed by atoms with E-state index in [0.29, 0.717) is 5.56 Å². The van der Waals surface area contributed by atoms with Crippen molar-refractivity contribution in [3.8, 4) is 0 Å². The summed E-state index contributed by atoms with van der Waals surface area (Å²) in [5, 5.41) is 7.04. The number of β-lactam (4-membered cyclic amide) rings is 1. The maximum Gasteiger partial charge on any atom is 0.408 e. The number of ether oxygens (including phenoxy) is 2. The zero-order valence-corrected chi connectivity index (χ0v) is 35.7. The van der Waals surface area contributed by atoms with Crippen LogP contribution in [0.4, 0.5) is 4.79 Å². The van der Waals surface area contributed by atoms with Gasteiger partial charge in [0.1, 0.15) is 31.3 Å². The first-order valence-corrected chi connectivity index (χ1v) is 21.9. The largest absolute Gasteiger partial charge is 0.731 e. The number of esters is 1. The summed E-state index contributed by atoms with van der Waals surface area (Å²) in [5.41, 5.74) is 1.44. The van der Waals surface area contributed by atoms with Gasteiger partial charge in [-0.3, -0.25) is 14.4 Å². The van der Waals surface area contributed by atoms with Crippen LogP contribution in [0.15, 0.2) is 60.7 Å². The minimum Gasteiger partial charge on any atom is -0.731 e. The van der Waals surface area contributed by atoms with Crippen LogP contribution in [0.1, 0.15) is 110 Å². The lowest BCUT2D eigenvalue weighted by Crippen LogP contribution is -2.66. The van der Waals surface area contributed by atoms with E-state index in [-0.39, 0.29) is 30.4 Å². The van der Waals surface area contributed by atoms with Crippen LogP contribution in [-0.4, -0.2) is 102 Å². The SMILES string of the molecule is CCCC[N+](CCCC)(CCCC)CCCC.C[C@@H](NC(=O)CC[C@@H](NC(=O)OCc1ccccc1)C(=O)OCc1ccccc1)C(=O)N[C@H]1CN(S(=O)(=O)[O-])C1=O. The Morgan fingerprint density at radius 1 is 0.776 bits per heavy atom. The fourth-order valence-electron chi connectivity index (χ4n) is 6.29. The van der Waals surface area contributed by atoms with E-state index in [2.05, 4.69) is 43.6 Å². The molecule has 2 aromatic rings. The molecule has 16 heteroatoms. The second-order valence-electron chi connectivity index (χ2n) is 14.7. The highest BCUT2D eigenvalue weighted by Gasteiger charge is 2.42. The van der Waals surface area contributed by atoms with Crippen LogP contribution in [0.2, 0.25) is 0 Å². The molecule has 1 heterocycles. The minimum atomic E-state index is -4.96. The molecular weight excluding hydrogens is 767 g/mol. The molecule has 0 radical (unpaired) electrons. The summed E-state index contributed by atoms with van der Waals surface area (Å²) < 4.78 is 44.7. The summed E-state index contributed by atoms with van der Waals surface area (Å²) in [7, 11) is -4.96. The Kier molecular flexibility index (Phi) is 22.6. The quantitative estimate of drug-likeness (QED) is 0.0524. The molecule has 1 fully saturated rings. The number of carbonyl (C=O) groups is 5. The number of nitrogens with zero attached hydrogens (tertiary/aromatic N) is 2. The maximum absolute atomic E-state index is 12.8. The van der Waals surface area contributed by atoms with Crippen molar-refractivity contribution in [3.05, 3.63) is 71.8 Å². The van der Waals surface area contributed by atoms with Gasteiger partial charge in [0.25, 0.3) is 5.91 Å². The van der Waals surface area contributed by atoms with E-state index in [4.69, 9.17) is 9.47 Å². The smallest absolute Gasteiger partial charge is 0.408 e. The van der Waals surface area contributed by atoms with E-state index in [1.165, 1.54) is 89.0 Å². The van der Waals surface area contributed by atoms with E-state index in [1.807, 2.05) is 0 Å². The lowest BCUT2D eigenvalue weighted by Gasteiger charge is -2.39. The minimum absolute atomic E-state index is 0.0480. The fraction of sp³-hybridized carbons (Fsp3) is 0.595. The Morgan fingerprint density at radius 2 is 1.24 bits per heavy atom. The molecule has 1 aliphatic rings. The molecule has 1 saturated heterocycles. The van der Waals surface area contributed by atoms with Gasteiger partial charge in [-0.05, 0) is 50.2 Å². The van der Waals surface area contributed by atoms with E-state index >= 15 is 0 Å². The summed E-state index contributed by atoms with van der Waals surface area (Å²) in [5.74, 6) is -3.32. The molecule has 0 aromatic heterocycles. The fourth-order valence-corrected chi connectivity index (χ4v) is 6.96. The van der Waals surface area contributed by atoms with Gasteiger partial charge in [-0.1, -0.05) is 114 Å². The van der Waals surface area contributed by atoms with Gasteiger partial charge in [-0.15, -0.1) is 0 Å². The lowest BCUT2D eigenvalue weighted by molar-refractivity contribution is -0.929. The predicted molar refractivity (Wildman–Crippen MR) is 219 cm³/mol. The highest BCUT2D eigenvalue weighted by molar-refractivity contribution is 7.84. The summed E-state index contributed by atoms with van der Waals surface area (Å²) in [6, 6.07) is 14.1. The molecular formula is C42H65N5O10S. The summed E-state index contributed by atoms with van der Waals surface area (Å²) in [4.78, 5) is 61.7. The van der Waals surface area contributed by atoms with Gasteiger partial charge in [0, 0.05) is 6.42 Å². The molecule has 1 aliphatic heterocycles. The molecule has 3 N–H and O–H groups in total. The number of unbranched alkanes of at least 4 members (excludes halogenated alkanes) is 4. The highest BCUT2D eigenvalue weighted by Crippen LogP contribution is 2.17. The number of benzene rings is 2. The molecule has 0 unspecified atom stereocenters. The van der Waals surface area contributed by atoms with Crippen molar-refractivity contribution in [3.63, 3.8) is 0 Å². The summed E-state index contributed by atoms with van der Waals surface area (Å²) in [6.07, 6.45) is 9.67. The summed E-state index contributed by atoms with van der Waals surface area (Å²) >= 11 is 0. The highest BCUT2D eigenvalue weighted by atomic mass is 32.2. The van der Waals surface area contributed by atoms with Gasteiger partial charge in [0.05, 0.1) is 32.7 Å². The summed E-state index contributed by atoms with van der Waals surface area (Å²) in [6.45, 7) is 15.7. The Morgan fingerprint density at radius 3 is 1.67 bits per heavy atom. The third-order valence-corrected chi connectivity index (χ3v) is 10.7. The Labute approximate surface area is 345 Å². The van der Waals surface area contributed by atoms with Crippen LogP contribution in [0.25, 0.3) is 0 Å². The van der Waals surface area contributed by atoms with Crippen molar-refractivity contribution in [2.24, 2.45) is 0 Å². The number of rotatable bonds is 25. The number of hydrogen-bond donors (Lipinski definition) is 3. The Hall–Kier alpha value is -4.54. The number of carbonyl (C=O) groups excluding carboxylic acids is 5. The number of hydrogen-bond acceptors (Lipinski definition) is 10. The second-order valence-corrected chi connectivity index (χ2v) is 16.0. The van der Waals surface area contributed by atoms with Crippen molar-refractivity contribution in [2.75, 3.05) is 32.7 Å². The van der Waals surface area contributed by atoms with Gasteiger partial charge in [-0.25, -0.2) is 22.3 Å². The van der Waals surface area contributed by atoms with Crippen LogP contribution < -0.4 is 16.0 Å². The number of amides is 4. The van der Waals surface area contributed by atoms with Gasteiger partial charge >= 0.3 is 12.1 Å². The van der Waals surface area contributed by atoms with Crippen LogP contribution in [-0.2, 0) is 52.2 Å². The predicted octanol–water partition coefficient (Wildman–Crippen LogP) is 5.10. The molecule has 0 bridgehead atoms. The van der Waals surface area contributed by atoms with Crippen molar-refractivity contribution in [2.45, 2.75) is 130 Å². The first-order valence-electron chi connectivity index (χ1n) is 20.6. The van der Waals surface area contributed by atoms with Crippen molar-refractivity contribution in [1.82, 2.24) is 20.3 Å². The lowest BCUT2D eigenvalue weighted by atomic mass is 10.1. The van der Waals surface area contributed by atoms with Crippen LogP contribution >= 0.6 is 0 Å². The van der Waals surface area contributed by atoms with E-state index in [1.54, 1.807) is 60.7 Å². The van der Waals surface area contributed by atoms with Gasteiger partial charge < -0.3 is 34.5 Å². The van der Waals surface area contributed by atoms with E-state index in [0.717, 1.165) is 5.56 Å². The average molecular weight is 832 g/mol. The molecule has 0 spiro atoms. The third-order valence-electron chi connectivity index (χ3n) is 9.87. The van der Waals surface area contributed by atoms with Gasteiger partial charge in [-0.2, -0.15) is 0 Å². The number of alkyl carbamates (subject to hydrolysis) is 1. The molecule has 0 saturated carbocycles. The molecule has 0 aliphatic carbocycles. The molecule has 15 nitrogen and oxygen atoms in total. The van der Waals surface area contributed by atoms with E-state index in [9.17, 15) is 36.9 Å². The third kappa shape index (κ3) is 18.4. The molecule has 324 valence electrons. The monoisotopic (exact) mass is 831 g/mol. The van der Waals surface area contributed by atoms with Crippen molar-refractivity contribution in [1.29, 1.82) is 0 Å². The zero-order valence-electron chi connectivity index (χ0n) is 34.9. The van der Waals surface area contributed by atoms with Crippen LogP contribution in [0, 0.1) is 0 Å². The van der Waals surface area contributed by atoms with Crippen molar-refractivity contribution >= 4 is 40.1 Å². The van der Waals surface area contributed by atoms with Crippen molar-refractivity contribution < 1.29 is 50.9 Å². The van der Waals surface area contributed by atoms with Crippen LogP contribution in [0.5, 0.6) is 0 Å².